The monoisotopic (exact) mass is 392 g/mol. The van der Waals surface area contributed by atoms with Crippen LogP contribution in [0.4, 0.5) is 13.2 Å². The van der Waals surface area contributed by atoms with Crippen LogP contribution in [0.2, 0.25) is 0 Å². The molecule has 2 heterocycles. The molecule has 0 saturated carbocycles. The van der Waals surface area contributed by atoms with Crippen LogP contribution < -0.4 is 5.32 Å². The number of thioether (sulfide) groups is 1. The first-order chi connectivity index (χ1) is 12.9. The van der Waals surface area contributed by atoms with E-state index in [-0.39, 0.29) is 23.7 Å². The first-order valence-electron chi connectivity index (χ1n) is 8.33. The van der Waals surface area contributed by atoms with Gasteiger partial charge in [0, 0.05) is 17.9 Å². The van der Waals surface area contributed by atoms with E-state index in [0.717, 1.165) is 17.7 Å². The maximum absolute atomic E-state index is 12.8. The highest BCUT2D eigenvalue weighted by Gasteiger charge is 2.48. The lowest BCUT2D eigenvalue weighted by atomic mass is 10.1. The number of carbonyl (C=O) groups is 2. The van der Waals surface area contributed by atoms with Crippen molar-refractivity contribution in [2.24, 2.45) is 0 Å². The zero-order valence-electron chi connectivity index (χ0n) is 14.0. The van der Waals surface area contributed by atoms with E-state index in [4.69, 9.17) is 0 Å². The van der Waals surface area contributed by atoms with E-state index >= 15 is 0 Å². The number of halogens is 3. The molecule has 1 N–H and O–H groups in total. The van der Waals surface area contributed by atoms with Gasteiger partial charge in [0.25, 0.3) is 5.91 Å². The Kier molecular flexibility index (Phi) is 4.38. The third-order valence-electron chi connectivity index (χ3n) is 4.72. The molecule has 2 amide bonds. The fourth-order valence-corrected chi connectivity index (χ4v) is 4.87. The lowest BCUT2D eigenvalue weighted by Gasteiger charge is -2.22. The van der Waals surface area contributed by atoms with Crippen molar-refractivity contribution in [3.05, 3.63) is 70.8 Å². The van der Waals surface area contributed by atoms with Crippen LogP contribution in [0.3, 0.4) is 0 Å². The van der Waals surface area contributed by atoms with Crippen LogP contribution >= 0.6 is 11.8 Å². The average Bonchev–Trinajstić information content (AvgIpc) is 3.20. The first-order valence-corrected chi connectivity index (χ1v) is 9.38. The molecule has 2 aliphatic heterocycles. The summed E-state index contributed by atoms with van der Waals surface area (Å²) in [6, 6.07) is 11.5. The summed E-state index contributed by atoms with van der Waals surface area (Å²) in [5.74, 6) is -0.0810. The fraction of sp³-hybridized carbons (Fsp3) is 0.263. The number of amides is 2. The summed E-state index contributed by atoms with van der Waals surface area (Å²) >= 11 is 1.52. The third kappa shape index (κ3) is 3.18. The number of nitrogens with one attached hydrogen (secondary N) is 1. The second-order valence-corrected chi connectivity index (χ2v) is 7.53. The zero-order valence-corrected chi connectivity index (χ0v) is 14.8. The Morgan fingerprint density at radius 3 is 2.74 bits per heavy atom. The maximum atomic E-state index is 12.8. The highest BCUT2D eigenvalue weighted by Crippen LogP contribution is 2.48. The van der Waals surface area contributed by atoms with Gasteiger partial charge < -0.3 is 10.2 Å². The fourth-order valence-electron chi connectivity index (χ4n) is 3.41. The van der Waals surface area contributed by atoms with Crippen molar-refractivity contribution >= 4 is 23.6 Å². The molecule has 1 saturated heterocycles. The average molecular weight is 392 g/mol. The first kappa shape index (κ1) is 17.9. The van der Waals surface area contributed by atoms with E-state index in [1.165, 1.54) is 23.9 Å². The third-order valence-corrected chi connectivity index (χ3v) is 6.02. The van der Waals surface area contributed by atoms with E-state index in [2.05, 4.69) is 5.32 Å². The molecule has 2 unspecified atom stereocenters. The Hall–Kier alpha value is -2.48. The standard InChI is InChI=1S/C19H15F3N2O2S/c20-19(21,22)12-5-3-4-11(8-12)9-23-16(25)15-10-27-18-14-7-2-1-6-13(14)17(26)24(15)18/h1-8,15,18H,9-10H2,(H,23,25). The van der Waals surface area contributed by atoms with Gasteiger partial charge in [-0.2, -0.15) is 13.2 Å². The summed E-state index contributed by atoms with van der Waals surface area (Å²) in [5.41, 5.74) is 1.11. The molecular formula is C19H15F3N2O2S. The summed E-state index contributed by atoms with van der Waals surface area (Å²) in [6.45, 7) is -0.0242. The van der Waals surface area contributed by atoms with E-state index in [1.807, 2.05) is 12.1 Å². The minimum atomic E-state index is -4.43. The highest BCUT2D eigenvalue weighted by molar-refractivity contribution is 7.99. The predicted octanol–water partition coefficient (Wildman–Crippen LogP) is 3.59. The van der Waals surface area contributed by atoms with Crippen molar-refractivity contribution in [2.75, 3.05) is 5.75 Å². The Morgan fingerprint density at radius 2 is 1.96 bits per heavy atom. The van der Waals surface area contributed by atoms with Gasteiger partial charge in [0.1, 0.15) is 11.4 Å². The number of carbonyl (C=O) groups excluding carboxylic acids is 2. The number of alkyl halides is 3. The van der Waals surface area contributed by atoms with Gasteiger partial charge in [-0.3, -0.25) is 9.59 Å². The summed E-state index contributed by atoms with van der Waals surface area (Å²) in [7, 11) is 0. The number of benzene rings is 2. The minimum Gasteiger partial charge on any atom is -0.350 e. The van der Waals surface area contributed by atoms with Crippen LogP contribution in [-0.4, -0.2) is 28.5 Å². The van der Waals surface area contributed by atoms with Crippen molar-refractivity contribution in [1.82, 2.24) is 10.2 Å². The summed E-state index contributed by atoms with van der Waals surface area (Å²) < 4.78 is 38.4. The molecule has 140 valence electrons. The van der Waals surface area contributed by atoms with Crippen molar-refractivity contribution in [2.45, 2.75) is 24.1 Å². The minimum absolute atomic E-state index is 0.0242. The number of nitrogens with zero attached hydrogens (tertiary/aromatic N) is 1. The lowest BCUT2D eigenvalue weighted by molar-refractivity contribution is -0.137. The van der Waals surface area contributed by atoms with E-state index in [9.17, 15) is 22.8 Å². The number of fused-ring (bicyclic) bond motifs is 3. The Balaban J connectivity index is 1.45. The van der Waals surface area contributed by atoms with Crippen LogP contribution in [-0.2, 0) is 17.5 Å². The molecule has 0 spiro atoms. The molecule has 4 rings (SSSR count). The quantitative estimate of drug-likeness (QED) is 0.869. The topological polar surface area (TPSA) is 49.4 Å². The molecule has 2 aliphatic rings. The molecule has 2 aromatic carbocycles. The molecule has 0 bridgehead atoms. The molecule has 2 atom stereocenters. The van der Waals surface area contributed by atoms with Crippen molar-refractivity contribution in [1.29, 1.82) is 0 Å². The van der Waals surface area contributed by atoms with Gasteiger partial charge in [-0.25, -0.2) is 0 Å². The van der Waals surface area contributed by atoms with Crippen molar-refractivity contribution < 1.29 is 22.8 Å². The van der Waals surface area contributed by atoms with Crippen LogP contribution in [0.25, 0.3) is 0 Å². The molecule has 1 fully saturated rings. The van der Waals surface area contributed by atoms with E-state index in [0.29, 0.717) is 16.9 Å². The van der Waals surface area contributed by atoms with Gasteiger partial charge >= 0.3 is 6.18 Å². The predicted molar refractivity (Wildman–Crippen MR) is 94.9 cm³/mol. The number of hydrogen-bond donors (Lipinski definition) is 1. The Bertz CT molecular complexity index is 916. The van der Waals surface area contributed by atoms with Crippen LogP contribution in [0, 0.1) is 0 Å². The summed E-state index contributed by atoms with van der Waals surface area (Å²) in [6.07, 6.45) is -4.43. The van der Waals surface area contributed by atoms with Gasteiger partial charge in [0.15, 0.2) is 0 Å². The van der Waals surface area contributed by atoms with Gasteiger partial charge in [-0.1, -0.05) is 30.3 Å². The molecule has 0 radical (unpaired) electrons. The maximum Gasteiger partial charge on any atom is 0.416 e. The van der Waals surface area contributed by atoms with Crippen LogP contribution in [0.1, 0.15) is 32.4 Å². The van der Waals surface area contributed by atoms with Gasteiger partial charge in [-0.15, -0.1) is 11.8 Å². The molecule has 0 aliphatic carbocycles. The zero-order chi connectivity index (χ0) is 19.2. The second-order valence-electron chi connectivity index (χ2n) is 6.42. The second kappa shape index (κ2) is 6.60. The molecule has 4 nitrogen and oxygen atoms in total. The summed E-state index contributed by atoms with van der Waals surface area (Å²) in [4.78, 5) is 26.8. The Labute approximate surface area is 157 Å². The molecule has 8 heteroatoms. The van der Waals surface area contributed by atoms with E-state index < -0.39 is 17.8 Å². The SMILES string of the molecule is O=C(NCc1cccc(C(F)(F)F)c1)C1CSC2c3ccccc3C(=O)N12. The molecule has 0 aromatic heterocycles. The smallest absolute Gasteiger partial charge is 0.350 e. The lowest BCUT2D eigenvalue weighted by Crippen LogP contribution is -2.45. The molecule has 27 heavy (non-hydrogen) atoms. The van der Waals surface area contributed by atoms with Crippen LogP contribution in [0.15, 0.2) is 48.5 Å². The van der Waals surface area contributed by atoms with Crippen molar-refractivity contribution in [3.63, 3.8) is 0 Å². The van der Waals surface area contributed by atoms with Crippen molar-refractivity contribution in [3.8, 4) is 0 Å². The number of hydrogen-bond acceptors (Lipinski definition) is 3. The summed E-state index contributed by atoms with van der Waals surface area (Å²) in [5, 5.41) is 2.48. The van der Waals surface area contributed by atoms with Gasteiger partial charge in [0.2, 0.25) is 5.91 Å². The Morgan fingerprint density at radius 1 is 1.19 bits per heavy atom. The molecule has 2 aromatic rings. The van der Waals surface area contributed by atoms with Crippen LogP contribution in [0.5, 0.6) is 0 Å². The largest absolute Gasteiger partial charge is 0.416 e. The van der Waals surface area contributed by atoms with Gasteiger partial charge in [-0.05, 0) is 29.3 Å². The normalized spacial score (nSPS) is 21.1. The molecular weight excluding hydrogens is 377 g/mol. The highest BCUT2D eigenvalue weighted by atomic mass is 32.2. The number of rotatable bonds is 3. The van der Waals surface area contributed by atoms with E-state index in [1.54, 1.807) is 17.0 Å². The van der Waals surface area contributed by atoms with Gasteiger partial charge in [0.05, 0.1) is 5.56 Å².